The molecule has 136 valence electrons. The Morgan fingerprint density at radius 2 is 2.04 bits per heavy atom. The summed E-state index contributed by atoms with van der Waals surface area (Å²) >= 11 is 12.1. The summed E-state index contributed by atoms with van der Waals surface area (Å²) in [6.45, 7) is 2.71. The van der Waals surface area contributed by atoms with Gasteiger partial charge in [0.1, 0.15) is 0 Å². The van der Waals surface area contributed by atoms with E-state index < -0.39 is 0 Å². The molecule has 25 heavy (non-hydrogen) atoms. The Balaban J connectivity index is 1.32. The van der Waals surface area contributed by atoms with Crippen molar-refractivity contribution in [1.82, 2.24) is 10.2 Å². The average Bonchev–Trinajstić information content (AvgIpc) is 3.21. The first-order valence-corrected chi connectivity index (χ1v) is 10.3. The van der Waals surface area contributed by atoms with Gasteiger partial charge in [0.15, 0.2) is 0 Å². The summed E-state index contributed by atoms with van der Waals surface area (Å²) in [7, 11) is 0. The van der Waals surface area contributed by atoms with Crippen LogP contribution in [0.5, 0.6) is 0 Å². The number of nitrogens with zero attached hydrogens (tertiary/aromatic N) is 1. The van der Waals surface area contributed by atoms with Crippen molar-refractivity contribution in [2.45, 2.75) is 51.1 Å². The van der Waals surface area contributed by atoms with Crippen LogP contribution in [0.3, 0.4) is 0 Å². The quantitative estimate of drug-likeness (QED) is 0.832. The SMILES string of the molecule is O=C(NC1CC2CCC1C2)C1CCCN(Cc2ccc(Cl)c(Cl)c2)C1. The van der Waals surface area contributed by atoms with Crippen LogP contribution in [0.4, 0.5) is 0 Å². The predicted molar refractivity (Wildman–Crippen MR) is 102 cm³/mol. The first kappa shape index (κ1) is 17.6. The molecule has 2 bridgehead atoms. The fourth-order valence-corrected chi connectivity index (χ4v) is 5.35. The molecule has 5 heteroatoms. The molecule has 4 rings (SSSR count). The van der Waals surface area contributed by atoms with Crippen LogP contribution in [0.25, 0.3) is 0 Å². The van der Waals surface area contributed by atoms with Crippen LogP contribution >= 0.6 is 23.2 Å². The third-order valence-electron chi connectivity index (χ3n) is 6.33. The first-order chi connectivity index (χ1) is 12.1. The Morgan fingerprint density at radius 3 is 2.76 bits per heavy atom. The van der Waals surface area contributed by atoms with E-state index in [1.807, 2.05) is 18.2 Å². The lowest BCUT2D eigenvalue weighted by Gasteiger charge is -2.33. The Labute approximate surface area is 160 Å². The maximum Gasteiger partial charge on any atom is 0.224 e. The van der Waals surface area contributed by atoms with Gasteiger partial charge in [-0.15, -0.1) is 0 Å². The van der Waals surface area contributed by atoms with Crippen LogP contribution in [0.15, 0.2) is 18.2 Å². The second-order valence-corrected chi connectivity index (χ2v) is 8.93. The van der Waals surface area contributed by atoms with Gasteiger partial charge in [-0.05, 0) is 68.2 Å². The maximum atomic E-state index is 12.8. The number of amides is 1. The number of piperidine rings is 1. The summed E-state index contributed by atoms with van der Waals surface area (Å²) in [5.74, 6) is 2.00. The lowest BCUT2D eigenvalue weighted by molar-refractivity contribution is -0.127. The number of carbonyl (C=O) groups is 1. The second kappa shape index (κ2) is 7.46. The second-order valence-electron chi connectivity index (χ2n) is 8.11. The number of hydrogen-bond donors (Lipinski definition) is 1. The summed E-state index contributed by atoms with van der Waals surface area (Å²) in [6.07, 6.45) is 7.30. The number of nitrogens with one attached hydrogen (secondary N) is 1. The fourth-order valence-electron chi connectivity index (χ4n) is 5.03. The van der Waals surface area contributed by atoms with Crippen molar-refractivity contribution in [3.63, 3.8) is 0 Å². The standard InChI is InChI=1S/C20H26Cl2N2O/c21-17-6-4-14(9-18(17)22)11-24-7-1-2-16(12-24)20(25)23-19-10-13-3-5-15(19)8-13/h4,6,9,13,15-16,19H,1-3,5,7-8,10-12H2,(H,23,25). The van der Waals surface area contributed by atoms with Crippen molar-refractivity contribution in [2.24, 2.45) is 17.8 Å². The molecule has 3 fully saturated rings. The van der Waals surface area contributed by atoms with Gasteiger partial charge in [-0.2, -0.15) is 0 Å². The molecule has 1 amide bonds. The van der Waals surface area contributed by atoms with E-state index in [2.05, 4.69) is 10.2 Å². The monoisotopic (exact) mass is 380 g/mol. The molecule has 4 atom stereocenters. The van der Waals surface area contributed by atoms with Crippen LogP contribution < -0.4 is 5.32 Å². The Hall–Kier alpha value is -0.770. The molecule has 1 saturated heterocycles. The van der Waals surface area contributed by atoms with Gasteiger partial charge in [-0.1, -0.05) is 35.7 Å². The van der Waals surface area contributed by atoms with E-state index in [1.165, 1.54) is 25.7 Å². The lowest BCUT2D eigenvalue weighted by Crippen LogP contribution is -2.47. The molecule has 2 aliphatic carbocycles. The fraction of sp³-hybridized carbons (Fsp3) is 0.650. The summed E-state index contributed by atoms with van der Waals surface area (Å²) in [6, 6.07) is 6.25. The minimum absolute atomic E-state index is 0.121. The molecule has 3 aliphatic rings. The van der Waals surface area contributed by atoms with E-state index in [9.17, 15) is 4.79 Å². The van der Waals surface area contributed by atoms with E-state index in [0.717, 1.165) is 49.9 Å². The number of likely N-dealkylation sites (tertiary alicyclic amines) is 1. The van der Waals surface area contributed by atoms with E-state index in [0.29, 0.717) is 16.1 Å². The number of rotatable bonds is 4. The van der Waals surface area contributed by atoms with E-state index >= 15 is 0 Å². The average molecular weight is 381 g/mol. The molecule has 1 aromatic carbocycles. The summed E-state index contributed by atoms with van der Waals surface area (Å²) in [5.41, 5.74) is 1.16. The molecule has 0 spiro atoms. The normalized spacial score (nSPS) is 32.1. The smallest absolute Gasteiger partial charge is 0.224 e. The van der Waals surface area contributed by atoms with E-state index in [-0.39, 0.29) is 11.8 Å². The van der Waals surface area contributed by atoms with Crippen molar-refractivity contribution < 1.29 is 4.79 Å². The van der Waals surface area contributed by atoms with Crippen LogP contribution in [-0.4, -0.2) is 29.9 Å². The molecule has 4 unspecified atom stereocenters. The number of carbonyl (C=O) groups excluding carboxylic acids is 1. The molecular weight excluding hydrogens is 355 g/mol. The zero-order valence-electron chi connectivity index (χ0n) is 14.5. The largest absolute Gasteiger partial charge is 0.353 e. The highest BCUT2D eigenvalue weighted by molar-refractivity contribution is 6.42. The molecule has 1 aliphatic heterocycles. The molecule has 1 heterocycles. The molecule has 1 N–H and O–H groups in total. The number of fused-ring (bicyclic) bond motifs is 2. The Morgan fingerprint density at radius 1 is 1.16 bits per heavy atom. The highest BCUT2D eigenvalue weighted by atomic mass is 35.5. The van der Waals surface area contributed by atoms with Gasteiger partial charge in [0, 0.05) is 19.1 Å². The molecule has 2 saturated carbocycles. The lowest BCUT2D eigenvalue weighted by atomic mass is 9.92. The molecule has 3 nitrogen and oxygen atoms in total. The van der Waals surface area contributed by atoms with Gasteiger partial charge in [-0.3, -0.25) is 9.69 Å². The van der Waals surface area contributed by atoms with Crippen LogP contribution in [0.2, 0.25) is 10.0 Å². The van der Waals surface area contributed by atoms with Crippen LogP contribution in [0.1, 0.15) is 44.1 Å². The number of benzene rings is 1. The topological polar surface area (TPSA) is 32.3 Å². The molecular formula is C20H26Cl2N2O. The highest BCUT2D eigenvalue weighted by Crippen LogP contribution is 2.44. The van der Waals surface area contributed by atoms with Crippen LogP contribution in [-0.2, 0) is 11.3 Å². The van der Waals surface area contributed by atoms with Crippen molar-refractivity contribution in [1.29, 1.82) is 0 Å². The first-order valence-electron chi connectivity index (χ1n) is 9.55. The zero-order valence-corrected chi connectivity index (χ0v) is 16.0. The number of hydrogen-bond acceptors (Lipinski definition) is 2. The van der Waals surface area contributed by atoms with Gasteiger partial charge < -0.3 is 5.32 Å². The van der Waals surface area contributed by atoms with Crippen molar-refractivity contribution in [3.05, 3.63) is 33.8 Å². The Kier molecular flexibility index (Phi) is 5.26. The van der Waals surface area contributed by atoms with E-state index in [4.69, 9.17) is 23.2 Å². The minimum Gasteiger partial charge on any atom is -0.353 e. The van der Waals surface area contributed by atoms with Crippen LogP contribution in [0, 0.1) is 17.8 Å². The van der Waals surface area contributed by atoms with Gasteiger partial charge >= 0.3 is 0 Å². The van der Waals surface area contributed by atoms with Gasteiger partial charge in [-0.25, -0.2) is 0 Å². The van der Waals surface area contributed by atoms with Gasteiger partial charge in [0.05, 0.1) is 16.0 Å². The van der Waals surface area contributed by atoms with Crippen molar-refractivity contribution >= 4 is 29.1 Å². The third kappa shape index (κ3) is 3.99. The molecule has 1 aromatic rings. The summed E-state index contributed by atoms with van der Waals surface area (Å²) < 4.78 is 0. The number of halogens is 2. The van der Waals surface area contributed by atoms with E-state index in [1.54, 1.807) is 0 Å². The van der Waals surface area contributed by atoms with Crippen molar-refractivity contribution in [2.75, 3.05) is 13.1 Å². The van der Waals surface area contributed by atoms with Gasteiger partial charge in [0.25, 0.3) is 0 Å². The predicted octanol–water partition coefficient (Wildman–Crippen LogP) is 4.51. The minimum atomic E-state index is 0.121. The zero-order chi connectivity index (χ0) is 17.4. The Bertz CT molecular complexity index is 651. The molecule has 0 radical (unpaired) electrons. The highest BCUT2D eigenvalue weighted by Gasteiger charge is 2.41. The van der Waals surface area contributed by atoms with Gasteiger partial charge in [0.2, 0.25) is 5.91 Å². The summed E-state index contributed by atoms with van der Waals surface area (Å²) in [4.78, 5) is 15.1. The molecule has 0 aromatic heterocycles. The third-order valence-corrected chi connectivity index (χ3v) is 7.07. The maximum absolute atomic E-state index is 12.8. The summed E-state index contributed by atoms with van der Waals surface area (Å²) in [5, 5.41) is 4.57. The van der Waals surface area contributed by atoms with Crippen molar-refractivity contribution in [3.8, 4) is 0 Å².